The van der Waals surface area contributed by atoms with Gasteiger partial charge >= 0.3 is 6.09 Å². The molecule has 0 atom stereocenters. The highest BCUT2D eigenvalue weighted by Crippen LogP contribution is 2.00. The van der Waals surface area contributed by atoms with Crippen LogP contribution >= 0.6 is 0 Å². The minimum atomic E-state index is -0.322. The van der Waals surface area contributed by atoms with Crippen molar-refractivity contribution in [2.75, 3.05) is 19.7 Å². The lowest BCUT2D eigenvalue weighted by atomic mass is 10.3. The lowest BCUT2D eigenvalue weighted by Gasteiger charge is -2.20. The van der Waals surface area contributed by atoms with E-state index in [1.165, 1.54) is 0 Å². The first-order chi connectivity index (χ1) is 7.65. The van der Waals surface area contributed by atoms with Gasteiger partial charge in [-0.3, -0.25) is 10.2 Å². The molecule has 3 N–H and O–H groups in total. The number of nitrogens with zero attached hydrogens (tertiary/aromatic N) is 1. The summed E-state index contributed by atoms with van der Waals surface area (Å²) in [7, 11) is 0. The smallest absolute Gasteiger partial charge is 0.409 e. The van der Waals surface area contributed by atoms with Crippen LogP contribution in [0.5, 0.6) is 0 Å². The van der Waals surface area contributed by atoms with Gasteiger partial charge in [-0.25, -0.2) is 10.6 Å². The van der Waals surface area contributed by atoms with Crippen LogP contribution in [0.3, 0.4) is 0 Å². The summed E-state index contributed by atoms with van der Waals surface area (Å²) < 4.78 is 4.90. The van der Waals surface area contributed by atoms with Gasteiger partial charge in [0, 0.05) is 19.5 Å². The van der Waals surface area contributed by atoms with E-state index in [9.17, 15) is 9.59 Å². The van der Waals surface area contributed by atoms with Crippen LogP contribution in [0.2, 0.25) is 0 Å². The van der Waals surface area contributed by atoms with Crippen LogP contribution in [-0.4, -0.2) is 36.6 Å². The molecule has 94 valence electrons. The summed E-state index contributed by atoms with van der Waals surface area (Å²) in [5.74, 6) is 4.73. The van der Waals surface area contributed by atoms with Crippen LogP contribution in [0.15, 0.2) is 0 Å². The van der Waals surface area contributed by atoms with E-state index in [0.717, 1.165) is 6.42 Å². The van der Waals surface area contributed by atoms with Crippen molar-refractivity contribution in [1.82, 2.24) is 10.3 Å². The Morgan fingerprint density at radius 1 is 1.31 bits per heavy atom. The lowest BCUT2D eigenvalue weighted by Crippen LogP contribution is -2.35. The first kappa shape index (κ1) is 14.7. The molecule has 2 amide bonds. The van der Waals surface area contributed by atoms with Gasteiger partial charge in [0.2, 0.25) is 5.91 Å². The van der Waals surface area contributed by atoms with Crippen LogP contribution in [0.4, 0.5) is 4.79 Å². The topological polar surface area (TPSA) is 84.7 Å². The molecule has 0 heterocycles. The summed E-state index contributed by atoms with van der Waals surface area (Å²) in [6, 6.07) is 0. The van der Waals surface area contributed by atoms with Crippen molar-refractivity contribution in [1.29, 1.82) is 0 Å². The largest absolute Gasteiger partial charge is 0.450 e. The van der Waals surface area contributed by atoms with Crippen molar-refractivity contribution in [2.45, 2.75) is 33.1 Å². The fraction of sp³-hybridized carbons (Fsp3) is 0.800. The van der Waals surface area contributed by atoms with Crippen molar-refractivity contribution in [3.63, 3.8) is 0 Å². The van der Waals surface area contributed by atoms with Crippen LogP contribution in [0, 0.1) is 0 Å². The van der Waals surface area contributed by atoms with Crippen LogP contribution < -0.4 is 11.3 Å². The predicted molar refractivity (Wildman–Crippen MR) is 60.5 cm³/mol. The second kappa shape index (κ2) is 8.96. The van der Waals surface area contributed by atoms with Crippen molar-refractivity contribution in [3.8, 4) is 0 Å². The molecule has 0 aromatic heterocycles. The van der Waals surface area contributed by atoms with Gasteiger partial charge in [0.25, 0.3) is 0 Å². The van der Waals surface area contributed by atoms with Gasteiger partial charge in [-0.1, -0.05) is 6.92 Å². The number of carbonyl (C=O) groups is 2. The maximum absolute atomic E-state index is 11.5. The molecule has 0 aromatic rings. The van der Waals surface area contributed by atoms with E-state index in [4.69, 9.17) is 10.6 Å². The van der Waals surface area contributed by atoms with Gasteiger partial charge < -0.3 is 9.64 Å². The molecule has 0 aliphatic rings. The van der Waals surface area contributed by atoms with Crippen molar-refractivity contribution in [2.24, 2.45) is 5.84 Å². The van der Waals surface area contributed by atoms with Crippen LogP contribution in [-0.2, 0) is 9.53 Å². The Balaban J connectivity index is 3.93. The molecule has 0 fully saturated rings. The standard InChI is InChI=1S/C10H21N3O3/c1-3-7-13(10(15)16-4-2)8-5-6-9(14)12-11/h3-8,11H2,1-2H3,(H,12,14). The number of nitrogens with one attached hydrogen (secondary N) is 1. The zero-order valence-electron chi connectivity index (χ0n) is 9.99. The molecule has 0 rings (SSSR count). The number of carbonyl (C=O) groups excluding carboxylic acids is 2. The molecule has 0 saturated carbocycles. The predicted octanol–water partition coefficient (Wildman–Crippen LogP) is 0.625. The summed E-state index contributed by atoms with van der Waals surface area (Å²) in [4.78, 5) is 23.9. The highest BCUT2D eigenvalue weighted by Gasteiger charge is 2.13. The van der Waals surface area contributed by atoms with Gasteiger partial charge in [0.15, 0.2) is 0 Å². The molecule has 0 aliphatic carbocycles. The highest BCUT2D eigenvalue weighted by atomic mass is 16.6. The van der Waals surface area contributed by atoms with Crippen molar-refractivity contribution in [3.05, 3.63) is 0 Å². The summed E-state index contributed by atoms with van der Waals surface area (Å²) in [6.45, 7) is 5.27. The molecule has 0 saturated heterocycles. The Labute approximate surface area is 96.1 Å². The van der Waals surface area contributed by atoms with E-state index in [-0.39, 0.29) is 12.0 Å². The van der Waals surface area contributed by atoms with Crippen molar-refractivity contribution >= 4 is 12.0 Å². The quantitative estimate of drug-likeness (QED) is 0.382. The fourth-order valence-corrected chi connectivity index (χ4v) is 1.28. The van der Waals surface area contributed by atoms with E-state index in [1.807, 2.05) is 6.92 Å². The van der Waals surface area contributed by atoms with Gasteiger partial charge in [-0.05, 0) is 19.8 Å². The van der Waals surface area contributed by atoms with E-state index in [0.29, 0.717) is 32.5 Å². The molecule has 16 heavy (non-hydrogen) atoms. The number of rotatable bonds is 7. The molecule has 0 bridgehead atoms. The Hall–Kier alpha value is -1.30. The van der Waals surface area contributed by atoms with E-state index in [1.54, 1.807) is 11.8 Å². The average molecular weight is 231 g/mol. The highest BCUT2D eigenvalue weighted by molar-refractivity contribution is 5.75. The van der Waals surface area contributed by atoms with E-state index >= 15 is 0 Å². The zero-order chi connectivity index (χ0) is 12.4. The maximum atomic E-state index is 11.5. The third kappa shape index (κ3) is 6.23. The molecule has 0 aliphatic heterocycles. The second-order valence-corrected chi connectivity index (χ2v) is 3.36. The number of amides is 2. The number of hydrazine groups is 1. The first-order valence-electron chi connectivity index (χ1n) is 5.56. The fourth-order valence-electron chi connectivity index (χ4n) is 1.28. The average Bonchev–Trinajstić information content (AvgIpc) is 2.28. The molecule has 6 nitrogen and oxygen atoms in total. The normalized spacial score (nSPS) is 9.69. The third-order valence-electron chi connectivity index (χ3n) is 2.01. The van der Waals surface area contributed by atoms with Gasteiger partial charge in [-0.2, -0.15) is 0 Å². The number of hydrogen-bond acceptors (Lipinski definition) is 4. The van der Waals surface area contributed by atoms with Gasteiger partial charge in [0.1, 0.15) is 0 Å². The van der Waals surface area contributed by atoms with Gasteiger partial charge in [0.05, 0.1) is 6.61 Å². The number of ether oxygens (including phenoxy) is 1. The summed E-state index contributed by atoms with van der Waals surface area (Å²) in [6.07, 6.45) is 1.44. The summed E-state index contributed by atoms with van der Waals surface area (Å²) in [5, 5.41) is 0. The van der Waals surface area contributed by atoms with Gasteiger partial charge in [-0.15, -0.1) is 0 Å². The molecule has 0 radical (unpaired) electrons. The molecular weight excluding hydrogens is 210 g/mol. The SMILES string of the molecule is CCCN(CCCC(=O)NN)C(=O)OCC. The molecule has 0 unspecified atom stereocenters. The van der Waals surface area contributed by atoms with E-state index in [2.05, 4.69) is 5.43 Å². The summed E-state index contributed by atoms with van der Waals surface area (Å²) >= 11 is 0. The molecule has 0 aromatic carbocycles. The van der Waals surface area contributed by atoms with E-state index < -0.39 is 0 Å². The number of hydrogen-bond donors (Lipinski definition) is 2. The first-order valence-corrected chi connectivity index (χ1v) is 5.56. The summed E-state index contributed by atoms with van der Waals surface area (Å²) in [5.41, 5.74) is 2.05. The molecule has 6 heteroatoms. The Morgan fingerprint density at radius 3 is 2.50 bits per heavy atom. The second-order valence-electron chi connectivity index (χ2n) is 3.36. The van der Waals surface area contributed by atoms with Crippen LogP contribution in [0.1, 0.15) is 33.1 Å². The third-order valence-corrected chi connectivity index (χ3v) is 2.01. The van der Waals surface area contributed by atoms with Crippen molar-refractivity contribution < 1.29 is 14.3 Å². The van der Waals surface area contributed by atoms with Crippen LogP contribution in [0.25, 0.3) is 0 Å². The number of nitrogens with two attached hydrogens (primary N) is 1. The maximum Gasteiger partial charge on any atom is 0.409 e. The zero-order valence-corrected chi connectivity index (χ0v) is 9.99. The lowest BCUT2D eigenvalue weighted by molar-refractivity contribution is -0.121. The monoisotopic (exact) mass is 231 g/mol. The minimum Gasteiger partial charge on any atom is -0.450 e. The Kier molecular flexibility index (Phi) is 8.24. The molecule has 0 spiro atoms. The minimum absolute atomic E-state index is 0.222. The Bertz CT molecular complexity index is 221. The molecular formula is C10H21N3O3. The Morgan fingerprint density at radius 2 is 2.00 bits per heavy atom.